The number of rotatable bonds is 9. The Morgan fingerprint density at radius 2 is 1.97 bits per heavy atom. The molecule has 0 spiro atoms. The van der Waals surface area contributed by atoms with Crippen LogP contribution in [0.4, 0.5) is 0 Å². The maximum atomic E-state index is 12.7. The molecular weight excluding hydrogens is 436 g/mol. The predicted octanol–water partition coefficient (Wildman–Crippen LogP) is 4.12. The lowest BCUT2D eigenvalue weighted by Crippen LogP contribution is -2.32. The van der Waals surface area contributed by atoms with E-state index in [4.69, 9.17) is 4.74 Å². The Morgan fingerprint density at radius 3 is 2.70 bits per heavy atom. The van der Waals surface area contributed by atoms with Crippen LogP contribution in [0, 0.1) is 0 Å². The van der Waals surface area contributed by atoms with Crippen molar-refractivity contribution in [3.8, 4) is 11.4 Å². The Bertz CT molecular complexity index is 1230. The van der Waals surface area contributed by atoms with Crippen molar-refractivity contribution in [1.82, 2.24) is 30.5 Å². The van der Waals surface area contributed by atoms with Crippen molar-refractivity contribution in [2.75, 3.05) is 13.7 Å². The number of methoxy groups -OCH3 is 1. The highest BCUT2D eigenvalue weighted by atomic mass is 32.2. The lowest BCUT2D eigenvalue weighted by atomic mass is 10.0. The number of carbonyl (C=O) groups excluding carboxylic acids is 1. The molecule has 2 N–H and O–H groups in total. The molecule has 0 bridgehead atoms. The molecule has 0 aliphatic rings. The van der Waals surface area contributed by atoms with Gasteiger partial charge in [-0.2, -0.15) is 4.68 Å². The van der Waals surface area contributed by atoms with Gasteiger partial charge in [-0.3, -0.25) is 4.79 Å². The van der Waals surface area contributed by atoms with Gasteiger partial charge in [0, 0.05) is 29.7 Å². The van der Waals surface area contributed by atoms with Crippen LogP contribution in [0.1, 0.15) is 37.8 Å². The minimum absolute atomic E-state index is 0.0498. The predicted molar refractivity (Wildman–Crippen MR) is 130 cm³/mol. The fourth-order valence-corrected chi connectivity index (χ4v) is 4.42. The molecule has 2 heterocycles. The zero-order valence-corrected chi connectivity index (χ0v) is 20.0. The number of aromatic nitrogens is 5. The molecule has 4 rings (SSSR count). The van der Waals surface area contributed by atoms with Crippen LogP contribution < -0.4 is 10.1 Å². The number of thioether (sulfide) groups is 1. The van der Waals surface area contributed by atoms with Crippen molar-refractivity contribution in [2.24, 2.45) is 0 Å². The van der Waals surface area contributed by atoms with Crippen LogP contribution in [0.5, 0.6) is 5.75 Å². The second-order valence-corrected chi connectivity index (χ2v) is 9.45. The first-order chi connectivity index (χ1) is 16.0. The molecule has 0 saturated carbocycles. The number of nitrogens with one attached hydrogen (secondary N) is 2. The van der Waals surface area contributed by atoms with Gasteiger partial charge in [0.2, 0.25) is 11.1 Å². The van der Waals surface area contributed by atoms with E-state index >= 15 is 0 Å². The maximum absolute atomic E-state index is 12.7. The van der Waals surface area contributed by atoms with Crippen molar-refractivity contribution < 1.29 is 9.53 Å². The van der Waals surface area contributed by atoms with Gasteiger partial charge in [-0.05, 0) is 65.1 Å². The number of amides is 1. The van der Waals surface area contributed by atoms with E-state index in [0.717, 1.165) is 34.3 Å². The van der Waals surface area contributed by atoms with E-state index in [2.05, 4.69) is 51.8 Å². The average molecular weight is 465 g/mol. The Hall–Kier alpha value is -3.33. The number of benzene rings is 2. The summed E-state index contributed by atoms with van der Waals surface area (Å²) in [5.74, 6) is 1.22. The molecule has 4 aromatic rings. The highest BCUT2D eigenvalue weighted by molar-refractivity contribution is 8.00. The zero-order valence-electron chi connectivity index (χ0n) is 19.2. The van der Waals surface area contributed by atoms with Gasteiger partial charge < -0.3 is 15.0 Å². The Balaban J connectivity index is 1.34. The quantitative estimate of drug-likeness (QED) is 0.362. The molecule has 1 unspecified atom stereocenters. The van der Waals surface area contributed by atoms with Gasteiger partial charge in [-0.1, -0.05) is 37.7 Å². The summed E-state index contributed by atoms with van der Waals surface area (Å²) in [5.41, 5.74) is 4.30. The molecule has 0 fully saturated rings. The molecule has 9 heteroatoms. The summed E-state index contributed by atoms with van der Waals surface area (Å²) in [6.07, 6.45) is 2.71. The van der Waals surface area contributed by atoms with E-state index in [1.807, 2.05) is 43.5 Å². The van der Waals surface area contributed by atoms with Crippen LogP contribution in [0.15, 0.2) is 53.8 Å². The second-order valence-electron chi connectivity index (χ2n) is 8.15. The van der Waals surface area contributed by atoms with Crippen LogP contribution >= 0.6 is 11.8 Å². The van der Waals surface area contributed by atoms with Gasteiger partial charge in [-0.25, -0.2) is 0 Å². The fraction of sp³-hybridized carbons (Fsp3) is 0.333. The van der Waals surface area contributed by atoms with Crippen LogP contribution in [0.2, 0.25) is 0 Å². The number of fused-ring (bicyclic) bond motifs is 1. The average Bonchev–Trinajstić information content (AvgIpc) is 3.45. The van der Waals surface area contributed by atoms with E-state index in [0.29, 0.717) is 17.6 Å². The Labute approximate surface area is 197 Å². The van der Waals surface area contributed by atoms with Gasteiger partial charge in [0.15, 0.2) is 0 Å². The van der Waals surface area contributed by atoms with Crippen molar-refractivity contribution >= 4 is 28.6 Å². The summed E-state index contributed by atoms with van der Waals surface area (Å²) in [4.78, 5) is 15.9. The van der Waals surface area contributed by atoms with E-state index in [1.54, 1.807) is 11.8 Å². The highest BCUT2D eigenvalue weighted by Crippen LogP contribution is 2.25. The number of ether oxygens (including phenoxy) is 1. The third kappa shape index (κ3) is 5.19. The summed E-state index contributed by atoms with van der Waals surface area (Å²) in [6.45, 7) is 6.72. The molecule has 1 amide bonds. The molecule has 1 atom stereocenters. The summed E-state index contributed by atoms with van der Waals surface area (Å²) < 4.78 is 6.93. The van der Waals surface area contributed by atoms with E-state index < -0.39 is 0 Å². The first-order valence-electron chi connectivity index (χ1n) is 10.9. The smallest absolute Gasteiger partial charge is 0.233 e. The van der Waals surface area contributed by atoms with Crippen LogP contribution in [-0.2, 0) is 11.2 Å². The fourth-order valence-electron chi connectivity index (χ4n) is 3.59. The van der Waals surface area contributed by atoms with Crippen LogP contribution in [0.25, 0.3) is 16.6 Å². The SMILES string of the molecule is COc1ccc2c(CCNC(=O)C(C)Sc3nnnn3-c3ccc(C(C)C)cc3)c[nH]c2c1. The topological polar surface area (TPSA) is 97.7 Å². The lowest BCUT2D eigenvalue weighted by Gasteiger charge is -2.12. The first kappa shape index (κ1) is 22.8. The monoisotopic (exact) mass is 464 g/mol. The van der Waals surface area contributed by atoms with E-state index in [9.17, 15) is 4.79 Å². The minimum atomic E-state index is -0.336. The zero-order chi connectivity index (χ0) is 23.4. The lowest BCUT2D eigenvalue weighted by molar-refractivity contribution is -0.120. The molecule has 0 aliphatic heterocycles. The van der Waals surface area contributed by atoms with Gasteiger partial charge in [0.25, 0.3) is 0 Å². The van der Waals surface area contributed by atoms with Gasteiger partial charge in [0.05, 0.1) is 18.0 Å². The molecule has 0 saturated heterocycles. The maximum Gasteiger partial charge on any atom is 0.233 e. The normalized spacial score (nSPS) is 12.3. The van der Waals surface area contributed by atoms with Gasteiger partial charge >= 0.3 is 0 Å². The van der Waals surface area contributed by atoms with Crippen molar-refractivity contribution in [3.63, 3.8) is 0 Å². The number of hydrogen-bond donors (Lipinski definition) is 2. The summed E-state index contributed by atoms with van der Waals surface area (Å²) in [6, 6.07) is 14.1. The summed E-state index contributed by atoms with van der Waals surface area (Å²) in [5, 5.41) is 16.4. The number of aromatic amines is 1. The van der Waals surface area contributed by atoms with Gasteiger partial charge in [0.1, 0.15) is 5.75 Å². The first-order valence-corrected chi connectivity index (χ1v) is 11.8. The highest BCUT2D eigenvalue weighted by Gasteiger charge is 2.19. The molecular formula is C24H28N6O2S. The number of H-pyrrole nitrogens is 1. The largest absolute Gasteiger partial charge is 0.497 e. The molecule has 33 heavy (non-hydrogen) atoms. The van der Waals surface area contributed by atoms with Gasteiger partial charge in [-0.15, -0.1) is 5.10 Å². The third-order valence-corrected chi connectivity index (χ3v) is 6.60. The Morgan fingerprint density at radius 1 is 1.18 bits per heavy atom. The molecule has 2 aromatic heterocycles. The van der Waals surface area contributed by atoms with Crippen LogP contribution in [0.3, 0.4) is 0 Å². The van der Waals surface area contributed by atoms with E-state index in [-0.39, 0.29) is 11.2 Å². The molecule has 0 aliphatic carbocycles. The standard InChI is InChI=1S/C24H28N6O2S/c1-15(2)17-5-7-19(8-6-17)30-24(27-28-29-30)33-16(3)23(31)25-12-11-18-14-26-22-13-20(32-4)9-10-21(18)22/h5-10,13-16,26H,11-12H2,1-4H3,(H,25,31). The molecule has 0 radical (unpaired) electrons. The Kier molecular flexibility index (Phi) is 6.98. The number of nitrogens with zero attached hydrogens (tertiary/aromatic N) is 4. The van der Waals surface area contributed by atoms with Crippen LogP contribution in [-0.4, -0.2) is 50.0 Å². The third-order valence-electron chi connectivity index (χ3n) is 5.56. The minimum Gasteiger partial charge on any atom is -0.497 e. The molecule has 2 aromatic carbocycles. The van der Waals surface area contributed by atoms with Crippen molar-refractivity contribution in [3.05, 3.63) is 59.8 Å². The molecule has 172 valence electrons. The summed E-state index contributed by atoms with van der Waals surface area (Å²) >= 11 is 1.34. The van der Waals surface area contributed by atoms with Crippen molar-refractivity contribution in [2.45, 2.75) is 43.5 Å². The second kappa shape index (κ2) is 10.1. The number of tetrazole rings is 1. The van der Waals surface area contributed by atoms with Crippen molar-refractivity contribution in [1.29, 1.82) is 0 Å². The number of carbonyl (C=O) groups is 1. The number of hydrogen-bond acceptors (Lipinski definition) is 6. The van der Waals surface area contributed by atoms with E-state index in [1.165, 1.54) is 17.3 Å². The summed E-state index contributed by atoms with van der Waals surface area (Å²) in [7, 11) is 1.65. The molecule has 8 nitrogen and oxygen atoms in total.